The molecule has 4 rings (SSSR count). The Bertz CT molecular complexity index is 1100. The molecule has 7 nitrogen and oxygen atoms in total. The SMILES string of the molecule is Cc1c(-c2ccnn2C)nnc(N2CCC(N(C)Cc3ccccc3C#N)CC2)c1C. The molecule has 1 fully saturated rings. The van der Waals surface area contributed by atoms with E-state index >= 15 is 0 Å². The molecule has 0 spiro atoms. The molecule has 31 heavy (non-hydrogen) atoms. The lowest BCUT2D eigenvalue weighted by molar-refractivity contribution is 0.200. The number of hydrogen-bond donors (Lipinski definition) is 0. The number of aromatic nitrogens is 4. The highest BCUT2D eigenvalue weighted by molar-refractivity contribution is 5.64. The summed E-state index contributed by atoms with van der Waals surface area (Å²) in [6, 6.07) is 12.6. The molecule has 0 aliphatic carbocycles. The standard InChI is InChI=1S/C24H29N7/c1-17-18(2)24(28-27-23(17)22-9-12-26-30(22)4)31-13-10-21(11-14-31)29(3)16-20-8-6-5-7-19(20)15-25/h5-9,12,21H,10-11,13-14,16H2,1-4H3. The first-order valence-corrected chi connectivity index (χ1v) is 10.7. The van der Waals surface area contributed by atoms with Crippen LogP contribution in [-0.4, -0.2) is 51.1 Å². The minimum Gasteiger partial charge on any atom is -0.355 e. The fourth-order valence-corrected chi connectivity index (χ4v) is 4.43. The van der Waals surface area contributed by atoms with Crippen molar-refractivity contribution in [2.45, 2.75) is 39.3 Å². The lowest BCUT2D eigenvalue weighted by Crippen LogP contribution is -2.43. The lowest BCUT2D eigenvalue weighted by atomic mass is 10.0. The Kier molecular flexibility index (Phi) is 6.01. The van der Waals surface area contributed by atoms with Crippen LogP contribution < -0.4 is 4.90 Å². The van der Waals surface area contributed by atoms with Crippen LogP contribution in [0.5, 0.6) is 0 Å². The van der Waals surface area contributed by atoms with Crippen LogP contribution in [0.25, 0.3) is 11.4 Å². The van der Waals surface area contributed by atoms with Gasteiger partial charge in [0, 0.05) is 38.9 Å². The number of anilines is 1. The van der Waals surface area contributed by atoms with Crippen molar-refractivity contribution < 1.29 is 0 Å². The van der Waals surface area contributed by atoms with E-state index in [-0.39, 0.29) is 0 Å². The molecule has 2 aromatic heterocycles. The summed E-state index contributed by atoms with van der Waals surface area (Å²) in [4.78, 5) is 4.73. The van der Waals surface area contributed by atoms with Crippen LogP contribution in [0.4, 0.5) is 5.82 Å². The Labute approximate surface area is 183 Å². The molecule has 3 aromatic rings. The van der Waals surface area contributed by atoms with E-state index in [1.54, 1.807) is 6.20 Å². The summed E-state index contributed by atoms with van der Waals surface area (Å²) in [5, 5.41) is 22.8. The topological polar surface area (TPSA) is 73.9 Å². The van der Waals surface area contributed by atoms with Gasteiger partial charge in [-0.05, 0) is 62.6 Å². The number of nitriles is 1. The Morgan fingerprint density at radius 1 is 1.10 bits per heavy atom. The zero-order valence-corrected chi connectivity index (χ0v) is 18.7. The van der Waals surface area contributed by atoms with Crippen molar-refractivity contribution in [2.75, 3.05) is 25.0 Å². The molecule has 0 saturated carbocycles. The van der Waals surface area contributed by atoms with E-state index in [0.29, 0.717) is 6.04 Å². The average molecular weight is 416 g/mol. The zero-order valence-electron chi connectivity index (χ0n) is 18.7. The Morgan fingerprint density at radius 3 is 2.52 bits per heavy atom. The van der Waals surface area contributed by atoms with Crippen molar-refractivity contribution in [2.24, 2.45) is 7.05 Å². The number of benzene rings is 1. The molecule has 1 aromatic carbocycles. The average Bonchev–Trinajstić information content (AvgIpc) is 3.21. The highest BCUT2D eigenvalue weighted by Crippen LogP contribution is 2.29. The molecule has 1 aliphatic heterocycles. The minimum absolute atomic E-state index is 0.492. The second-order valence-corrected chi connectivity index (χ2v) is 8.36. The Morgan fingerprint density at radius 2 is 1.84 bits per heavy atom. The van der Waals surface area contributed by atoms with Gasteiger partial charge < -0.3 is 4.90 Å². The maximum Gasteiger partial charge on any atom is 0.154 e. The third-order valence-electron chi connectivity index (χ3n) is 6.51. The van der Waals surface area contributed by atoms with Crippen molar-refractivity contribution in [1.29, 1.82) is 5.26 Å². The van der Waals surface area contributed by atoms with E-state index in [1.165, 1.54) is 5.56 Å². The third kappa shape index (κ3) is 4.17. The van der Waals surface area contributed by atoms with Gasteiger partial charge >= 0.3 is 0 Å². The van der Waals surface area contributed by atoms with Crippen molar-refractivity contribution in [3.63, 3.8) is 0 Å². The molecule has 160 valence electrons. The molecule has 0 radical (unpaired) electrons. The van der Waals surface area contributed by atoms with Gasteiger partial charge in [-0.1, -0.05) is 18.2 Å². The molecule has 3 heterocycles. The first-order valence-electron chi connectivity index (χ1n) is 10.7. The minimum atomic E-state index is 0.492. The number of aryl methyl sites for hydroxylation is 1. The largest absolute Gasteiger partial charge is 0.355 e. The highest BCUT2D eigenvalue weighted by atomic mass is 15.3. The summed E-state index contributed by atoms with van der Waals surface area (Å²) in [7, 11) is 4.09. The summed E-state index contributed by atoms with van der Waals surface area (Å²) in [5.74, 6) is 0.986. The van der Waals surface area contributed by atoms with Crippen LogP contribution in [0.2, 0.25) is 0 Å². The first-order chi connectivity index (χ1) is 15.0. The summed E-state index contributed by atoms with van der Waals surface area (Å²) < 4.78 is 1.84. The number of rotatable bonds is 5. The van der Waals surface area contributed by atoms with E-state index in [1.807, 2.05) is 36.0 Å². The van der Waals surface area contributed by atoms with Crippen molar-refractivity contribution >= 4 is 5.82 Å². The molecular formula is C24H29N7. The van der Waals surface area contributed by atoms with Crippen LogP contribution >= 0.6 is 0 Å². The lowest BCUT2D eigenvalue weighted by Gasteiger charge is -2.38. The molecule has 0 unspecified atom stereocenters. The van der Waals surface area contributed by atoms with Crippen LogP contribution in [0, 0.1) is 25.2 Å². The Balaban J connectivity index is 1.44. The fraction of sp³-hybridized carbons (Fsp3) is 0.417. The van der Waals surface area contributed by atoms with Crippen LogP contribution in [0.1, 0.15) is 35.1 Å². The van der Waals surface area contributed by atoms with E-state index in [4.69, 9.17) is 0 Å². The first kappa shape index (κ1) is 21.0. The van der Waals surface area contributed by atoms with Crippen molar-refractivity contribution in [3.8, 4) is 17.5 Å². The molecule has 1 saturated heterocycles. The number of hydrogen-bond acceptors (Lipinski definition) is 6. The Hall–Kier alpha value is -3.24. The quantitative estimate of drug-likeness (QED) is 0.635. The summed E-state index contributed by atoms with van der Waals surface area (Å²) in [5.41, 5.74) is 6.08. The van der Waals surface area contributed by atoms with Crippen LogP contribution in [-0.2, 0) is 13.6 Å². The summed E-state index contributed by atoms with van der Waals surface area (Å²) >= 11 is 0. The third-order valence-corrected chi connectivity index (χ3v) is 6.51. The smallest absolute Gasteiger partial charge is 0.154 e. The van der Waals surface area contributed by atoms with E-state index in [9.17, 15) is 5.26 Å². The number of piperidine rings is 1. The zero-order chi connectivity index (χ0) is 22.0. The van der Waals surface area contributed by atoms with Gasteiger partial charge in [-0.3, -0.25) is 9.58 Å². The molecule has 0 amide bonds. The summed E-state index contributed by atoms with van der Waals surface area (Å²) in [6.45, 7) is 6.95. The van der Waals surface area contributed by atoms with Gasteiger partial charge in [0.2, 0.25) is 0 Å². The maximum atomic E-state index is 9.35. The van der Waals surface area contributed by atoms with Gasteiger partial charge in [-0.15, -0.1) is 10.2 Å². The number of nitrogens with zero attached hydrogens (tertiary/aromatic N) is 7. The van der Waals surface area contributed by atoms with E-state index in [0.717, 1.165) is 66.4 Å². The molecular weight excluding hydrogens is 386 g/mol. The second kappa shape index (κ2) is 8.86. The van der Waals surface area contributed by atoms with Crippen LogP contribution in [0.15, 0.2) is 36.5 Å². The predicted octanol–water partition coefficient (Wildman–Crippen LogP) is 3.47. The molecule has 0 N–H and O–H groups in total. The second-order valence-electron chi connectivity index (χ2n) is 8.36. The van der Waals surface area contributed by atoms with Gasteiger partial charge in [-0.25, -0.2) is 0 Å². The van der Waals surface area contributed by atoms with Gasteiger partial charge in [0.05, 0.1) is 17.3 Å². The normalized spacial score (nSPS) is 14.8. The van der Waals surface area contributed by atoms with Gasteiger partial charge in [-0.2, -0.15) is 10.4 Å². The fourth-order valence-electron chi connectivity index (χ4n) is 4.43. The monoisotopic (exact) mass is 415 g/mol. The highest BCUT2D eigenvalue weighted by Gasteiger charge is 2.26. The molecule has 1 aliphatic rings. The molecule has 7 heteroatoms. The molecule has 0 atom stereocenters. The van der Waals surface area contributed by atoms with Gasteiger partial charge in [0.1, 0.15) is 5.69 Å². The summed E-state index contributed by atoms with van der Waals surface area (Å²) in [6.07, 6.45) is 3.92. The van der Waals surface area contributed by atoms with Gasteiger partial charge in [0.15, 0.2) is 5.82 Å². The van der Waals surface area contributed by atoms with E-state index in [2.05, 4.69) is 58.1 Å². The van der Waals surface area contributed by atoms with Gasteiger partial charge in [0.25, 0.3) is 0 Å². The van der Waals surface area contributed by atoms with E-state index < -0.39 is 0 Å². The predicted molar refractivity (Wildman–Crippen MR) is 122 cm³/mol. The van der Waals surface area contributed by atoms with Crippen molar-refractivity contribution in [3.05, 3.63) is 58.8 Å². The maximum absolute atomic E-state index is 9.35. The van der Waals surface area contributed by atoms with Crippen molar-refractivity contribution in [1.82, 2.24) is 24.9 Å². The van der Waals surface area contributed by atoms with Crippen LogP contribution in [0.3, 0.4) is 0 Å². The molecule has 0 bridgehead atoms.